The molecule has 0 N–H and O–H groups in total. The number of hydrogen-bond acceptors (Lipinski definition) is 0. The van der Waals surface area contributed by atoms with E-state index in [-0.39, 0.29) is 0 Å². The van der Waals surface area contributed by atoms with Gasteiger partial charge in [0.25, 0.3) is 0 Å². The van der Waals surface area contributed by atoms with Gasteiger partial charge in [0.05, 0.1) is 0 Å². The first-order valence-corrected chi connectivity index (χ1v) is 7.95. The maximum atomic E-state index is 4.14. The van der Waals surface area contributed by atoms with Crippen LogP contribution < -0.4 is 0 Å². The number of aryl methyl sites for hydroxylation is 1. The second-order valence-electron chi connectivity index (χ2n) is 5.53. The average molecular weight is 258 g/mol. The molecule has 0 aliphatic carbocycles. The van der Waals surface area contributed by atoms with Crippen LogP contribution in [0.15, 0.2) is 18.7 Å². The van der Waals surface area contributed by atoms with Crippen LogP contribution in [-0.4, -0.2) is 0 Å². The first-order chi connectivity index (χ1) is 9.15. The van der Waals surface area contributed by atoms with Crippen molar-refractivity contribution in [1.82, 2.24) is 0 Å². The molecule has 1 aromatic carbocycles. The Bertz CT molecular complexity index is 412. The standard InChI is InChI=1S/C19H30/c1-6-9-10-11-12-19-16(7-2)13-14-18(15(4)5)17(19)8-3/h13-14H,4,6-12H2,1-3,5H3. The Hall–Kier alpha value is -1.04. The molecular weight excluding hydrogens is 228 g/mol. The number of unbranched alkanes of at least 4 members (excludes halogenated alkanes) is 3. The fraction of sp³-hybridized carbons (Fsp3) is 0.579. The highest BCUT2D eigenvalue weighted by molar-refractivity contribution is 5.66. The summed E-state index contributed by atoms with van der Waals surface area (Å²) < 4.78 is 0. The summed E-state index contributed by atoms with van der Waals surface area (Å²) in [7, 11) is 0. The maximum Gasteiger partial charge on any atom is -0.0198 e. The van der Waals surface area contributed by atoms with Crippen molar-refractivity contribution < 1.29 is 0 Å². The topological polar surface area (TPSA) is 0 Å². The SMILES string of the molecule is C=C(C)c1ccc(CC)c(CCCCCC)c1CC. The molecule has 0 aliphatic heterocycles. The van der Waals surface area contributed by atoms with Gasteiger partial charge in [0, 0.05) is 0 Å². The third-order valence-corrected chi connectivity index (χ3v) is 4.00. The second kappa shape index (κ2) is 8.19. The fourth-order valence-corrected chi connectivity index (χ4v) is 2.92. The van der Waals surface area contributed by atoms with E-state index in [1.54, 1.807) is 16.7 Å². The molecule has 0 spiro atoms. The zero-order valence-corrected chi connectivity index (χ0v) is 13.3. The van der Waals surface area contributed by atoms with Gasteiger partial charge < -0.3 is 0 Å². The van der Waals surface area contributed by atoms with Gasteiger partial charge in [-0.15, -0.1) is 0 Å². The summed E-state index contributed by atoms with van der Waals surface area (Å²) in [5.74, 6) is 0. The minimum absolute atomic E-state index is 1.12. The Kier molecular flexibility index (Phi) is 6.91. The fourth-order valence-electron chi connectivity index (χ4n) is 2.92. The highest BCUT2D eigenvalue weighted by Gasteiger charge is 2.11. The lowest BCUT2D eigenvalue weighted by molar-refractivity contribution is 0.662. The summed E-state index contributed by atoms with van der Waals surface area (Å²) >= 11 is 0. The largest absolute Gasteiger partial charge is 0.0955 e. The quantitative estimate of drug-likeness (QED) is 0.504. The third-order valence-electron chi connectivity index (χ3n) is 4.00. The molecule has 0 saturated carbocycles. The van der Waals surface area contributed by atoms with E-state index in [2.05, 4.69) is 46.4 Å². The summed E-state index contributed by atoms with van der Waals surface area (Å²) in [6.45, 7) is 13.1. The van der Waals surface area contributed by atoms with Crippen LogP contribution in [0.3, 0.4) is 0 Å². The van der Waals surface area contributed by atoms with Crippen molar-refractivity contribution in [2.75, 3.05) is 0 Å². The molecule has 0 heteroatoms. The lowest BCUT2D eigenvalue weighted by Gasteiger charge is -2.18. The van der Waals surface area contributed by atoms with Gasteiger partial charge in [-0.1, -0.05) is 64.3 Å². The smallest absolute Gasteiger partial charge is 0.0198 e. The van der Waals surface area contributed by atoms with Gasteiger partial charge in [0.1, 0.15) is 0 Å². The zero-order valence-electron chi connectivity index (χ0n) is 13.3. The van der Waals surface area contributed by atoms with Crippen molar-refractivity contribution in [3.05, 3.63) is 41.0 Å². The summed E-state index contributed by atoms with van der Waals surface area (Å²) in [6, 6.07) is 4.59. The molecular formula is C19H30. The summed E-state index contributed by atoms with van der Waals surface area (Å²) in [6.07, 6.45) is 8.88. The summed E-state index contributed by atoms with van der Waals surface area (Å²) in [4.78, 5) is 0. The summed E-state index contributed by atoms with van der Waals surface area (Å²) in [5, 5.41) is 0. The second-order valence-corrected chi connectivity index (χ2v) is 5.53. The van der Waals surface area contributed by atoms with E-state index >= 15 is 0 Å². The lowest BCUT2D eigenvalue weighted by Crippen LogP contribution is -2.03. The minimum Gasteiger partial charge on any atom is -0.0955 e. The molecule has 1 aromatic rings. The first kappa shape index (κ1) is 16.0. The molecule has 0 saturated heterocycles. The molecule has 0 heterocycles. The Morgan fingerprint density at radius 3 is 2.21 bits per heavy atom. The highest BCUT2D eigenvalue weighted by atomic mass is 14.2. The Balaban J connectivity index is 3.02. The molecule has 0 unspecified atom stereocenters. The molecule has 0 aliphatic rings. The number of allylic oxidation sites excluding steroid dienone is 1. The first-order valence-electron chi connectivity index (χ1n) is 7.95. The Labute approximate surface area is 119 Å². The van der Waals surface area contributed by atoms with E-state index in [4.69, 9.17) is 0 Å². The van der Waals surface area contributed by atoms with E-state index < -0.39 is 0 Å². The van der Waals surface area contributed by atoms with Crippen LogP contribution in [-0.2, 0) is 19.3 Å². The van der Waals surface area contributed by atoms with Gasteiger partial charge in [-0.25, -0.2) is 0 Å². The van der Waals surface area contributed by atoms with Crippen LogP contribution in [0.4, 0.5) is 0 Å². The molecule has 0 atom stereocenters. The number of benzene rings is 1. The van der Waals surface area contributed by atoms with Crippen molar-refractivity contribution in [2.45, 2.75) is 72.6 Å². The van der Waals surface area contributed by atoms with Gasteiger partial charge in [-0.3, -0.25) is 0 Å². The van der Waals surface area contributed by atoms with Crippen LogP contribution >= 0.6 is 0 Å². The van der Waals surface area contributed by atoms with Gasteiger partial charge in [0.2, 0.25) is 0 Å². The van der Waals surface area contributed by atoms with Crippen molar-refractivity contribution in [3.63, 3.8) is 0 Å². The van der Waals surface area contributed by atoms with Crippen molar-refractivity contribution in [1.29, 1.82) is 0 Å². The van der Waals surface area contributed by atoms with E-state index in [1.807, 2.05) is 0 Å². The van der Waals surface area contributed by atoms with Crippen molar-refractivity contribution in [2.24, 2.45) is 0 Å². The Morgan fingerprint density at radius 2 is 1.68 bits per heavy atom. The maximum absolute atomic E-state index is 4.14. The Morgan fingerprint density at radius 1 is 0.947 bits per heavy atom. The molecule has 0 radical (unpaired) electrons. The zero-order chi connectivity index (χ0) is 14.3. The van der Waals surface area contributed by atoms with Crippen molar-refractivity contribution >= 4 is 5.57 Å². The normalized spacial score (nSPS) is 10.7. The predicted molar refractivity (Wildman–Crippen MR) is 87.8 cm³/mol. The molecule has 0 bridgehead atoms. The average Bonchev–Trinajstić information content (AvgIpc) is 2.42. The lowest BCUT2D eigenvalue weighted by atomic mass is 9.87. The highest BCUT2D eigenvalue weighted by Crippen LogP contribution is 2.27. The molecule has 0 amide bonds. The van der Waals surface area contributed by atoms with E-state index in [9.17, 15) is 0 Å². The molecule has 19 heavy (non-hydrogen) atoms. The predicted octanol–water partition coefficient (Wildman–Crippen LogP) is 5.97. The van der Waals surface area contributed by atoms with Crippen LogP contribution in [0.5, 0.6) is 0 Å². The van der Waals surface area contributed by atoms with Gasteiger partial charge in [-0.05, 0) is 54.9 Å². The molecule has 0 fully saturated rings. The van der Waals surface area contributed by atoms with Gasteiger partial charge >= 0.3 is 0 Å². The van der Waals surface area contributed by atoms with E-state index in [0.29, 0.717) is 0 Å². The number of hydrogen-bond donors (Lipinski definition) is 0. The molecule has 106 valence electrons. The van der Waals surface area contributed by atoms with Gasteiger partial charge in [0.15, 0.2) is 0 Å². The minimum atomic E-state index is 1.12. The van der Waals surface area contributed by atoms with E-state index in [0.717, 1.165) is 12.8 Å². The van der Waals surface area contributed by atoms with Crippen LogP contribution in [0.1, 0.15) is 75.6 Å². The van der Waals surface area contributed by atoms with Gasteiger partial charge in [-0.2, -0.15) is 0 Å². The number of rotatable bonds is 8. The third kappa shape index (κ3) is 4.23. The van der Waals surface area contributed by atoms with E-state index in [1.165, 1.54) is 43.2 Å². The van der Waals surface area contributed by atoms with Crippen LogP contribution in [0, 0.1) is 0 Å². The molecule has 0 aromatic heterocycles. The van der Waals surface area contributed by atoms with Crippen LogP contribution in [0.25, 0.3) is 5.57 Å². The van der Waals surface area contributed by atoms with Crippen molar-refractivity contribution in [3.8, 4) is 0 Å². The van der Waals surface area contributed by atoms with Crippen LogP contribution in [0.2, 0.25) is 0 Å². The molecule has 0 nitrogen and oxygen atoms in total. The monoisotopic (exact) mass is 258 g/mol. The summed E-state index contributed by atoms with van der Waals surface area (Å²) in [5.41, 5.74) is 7.28. The molecule has 1 rings (SSSR count).